The third kappa shape index (κ3) is 3.03. The summed E-state index contributed by atoms with van der Waals surface area (Å²) in [5, 5.41) is 0. The van der Waals surface area contributed by atoms with Gasteiger partial charge in [0.15, 0.2) is 0 Å². The zero-order valence-electron chi connectivity index (χ0n) is 10.3. The number of hydrogen-bond acceptors (Lipinski definition) is 2. The Bertz CT molecular complexity index is 392. The zero-order valence-corrected chi connectivity index (χ0v) is 11.1. The molecule has 0 saturated heterocycles. The van der Waals surface area contributed by atoms with Gasteiger partial charge < -0.3 is 4.90 Å². The van der Waals surface area contributed by atoms with Crippen LogP contribution in [0.5, 0.6) is 0 Å². The number of nitrogens with zero attached hydrogens (tertiary/aromatic N) is 1. The van der Waals surface area contributed by atoms with Gasteiger partial charge in [0.1, 0.15) is 0 Å². The fourth-order valence-electron chi connectivity index (χ4n) is 2.21. The average molecular weight is 249 g/mol. The summed E-state index contributed by atoms with van der Waals surface area (Å²) in [5.41, 5.74) is 2.44. The first-order chi connectivity index (χ1) is 8.33. The fraction of sp³-hybridized carbons (Fsp3) is 0.500. The van der Waals surface area contributed by atoms with Gasteiger partial charge >= 0.3 is 0 Å². The zero-order chi connectivity index (χ0) is 12.1. The third-order valence-electron chi connectivity index (χ3n) is 3.07. The number of rotatable bonds is 5. The maximum Gasteiger partial charge on any atom is 0.227 e. The van der Waals surface area contributed by atoms with Crippen molar-refractivity contribution in [3.05, 3.63) is 29.8 Å². The van der Waals surface area contributed by atoms with Crippen molar-refractivity contribution in [3.63, 3.8) is 0 Å². The first-order valence-electron chi connectivity index (χ1n) is 6.29. The van der Waals surface area contributed by atoms with E-state index >= 15 is 0 Å². The number of carbonyl (C=O) groups is 1. The second-order valence-electron chi connectivity index (χ2n) is 4.22. The molecule has 0 fully saturated rings. The van der Waals surface area contributed by atoms with Crippen LogP contribution in [0.25, 0.3) is 0 Å². The Labute approximate surface area is 107 Å². The Morgan fingerprint density at radius 3 is 2.94 bits per heavy atom. The molecule has 0 radical (unpaired) electrons. The van der Waals surface area contributed by atoms with E-state index in [0.717, 1.165) is 36.6 Å². The molecule has 1 aromatic rings. The normalized spacial score (nSPS) is 14.9. The Hall–Kier alpha value is -0.960. The van der Waals surface area contributed by atoms with E-state index < -0.39 is 0 Å². The van der Waals surface area contributed by atoms with Crippen molar-refractivity contribution >= 4 is 23.4 Å². The van der Waals surface area contributed by atoms with Crippen molar-refractivity contribution in [3.8, 4) is 0 Å². The smallest absolute Gasteiger partial charge is 0.227 e. The average Bonchev–Trinajstić information content (AvgIpc) is 2.37. The molecule has 2 rings (SSSR count). The van der Waals surface area contributed by atoms with Crippen molar-refractivity contribution in [2.24, 2.45) is 0 Å². The molecule has 0 saturated carbocycles. The molecule has 0 aliphatic carbocycles. The SMILES string of the molecule is CCSCCCN1C(=O)CCc2ccccc21. The van der Waals surface area contributed by atoms with Gasteiger partial charge in [-0.25, -0.2) is 0 Å². The molecule has 0 unspecified atom stereocenters. The summed E-state index contributed by atoms with van der Waals surface area (Å²) in [4.78, 5) is 13.9. The molecule has 1 heterocycles. The number of benzene rings is 1. The molecule has 1 aliphatic heterocycles. The van der Waals surface area contributed by atoms with Gasteiger partial charge in [-0.3, -0.25) is 4.79 Å². The minimum absolute atomic E-state index is 0.283. The first-order valence-corrected chi connectivity index (χ1v) is 7.44. The van der Waals surface area contributed by atoms with Gasteiger partial charge in [0.25, 0.3) is 0 Å². The van der Waals surface area contributed by atoms with Crippen LogP contribution in [0.1, 0.15) is 25.3 Å². The standard InChI is InChI=1S/C14H19NOS/c1-2-17-11-5-10-15-13-7-4-3-6-12(13)8-9-14(15)16/h3-4,6-7H,2,5,8-11H2,1H3. The Morgan fingerprint density at radius 2 is 2.12 bits per heavy atom. The lowest BCUT2D eigenvalue weighted by molar-refractivity contribution is -0.118. The molecular formula is C14H19NOS. The molecule has 3 heteroatoms. The van der Waals surface area contributed by atoms with Crippen LogP contribution in [0.15, 0.2) is 24.3 Å². The molecule has 2 nitrogen and oxygen atoms in total. The molecule has 0 atom stereocenters. The van der Waals surface area contributed by atoms with Crippen molar-refractivity contribution in [1.82, 2.24) is 0 Å². The monoisotopic (exact) mass is 249 g/mol. The predicted octanol–water partition coefficient (Wildman–Crippen LogP) is 3.11. The predicted molar refractivity (Wildman–Crippen MR) is 74.7 cm³/mol. The van der Waals surface area contributed by atoms with Crippen molar-refractivity contribution in [2.45, 2.75) is 26.2 Å². The van der Waals surface area contributed by atoms with Crippen molar-refractivity contribution in [1.29, 1.82) is 0 Å². The highest BCUT2D eigenvalue weighted by Gasteiger charge is 2.22. The molecule has 1 aromatic carbocycles. The molecule has 0 bridgehead atoms. The number of aryl methyl sites for hydroxylation is 1. The molecule has 1 aliphatic rings. The van der Waals surface area contributed by atoms with E-state index in [9.17, 15) is 4.79 Å². The van der Waals surface area contributed by atoms with Crippen LogP contribution in [0.4, 0.5) is 5.69 Å². The summed E-state index contributed by atoms with van der Waals surface area (Å²) in [7, 11) is 0. The van der Waals surface area contributed by atoms with Crippen LogP contribution in [-0.4, -0.2) is 24.0 Å². The molecule has 0 spiro atoms. The summed E-state index contributed by atoms with van der Waals surface area (Å²) >= 11 is 1.94. The third-order valence-corrected chi connectivity index (χ3v) is 4.05. The highest BCUT2D eigenvalue weighted by molar-refractivity contribution is 7.99. The van der Waals surface area contributed by atoms with E-state index in [-0.39, 0.29) is 5.91 Å². The number of fused-ring (bicyclic) bond motifs is 1. The maximum atomic E-state index is 11.9. The number of carbonyl (C=O) groups excluding carboxylic acids is 1. The molecule has 0 aromatic heterocycles. The van der Waals surface area contributed by atoms with E-state index in [1.165, 1.54) is 5.56 Å². The van der Waals surface area contributed by atoms with E-state index in [4.69, 9.17) is 0 Å². The quantitative estimate of drug-likeness (QED) is 0.747. The lowest BCUT2D eigenvalue weighted by atomic mass is 10.0. The van der Waals surface area contributed by atoms with E-state index in [1.807, 2.05) is 22.7 Å². The Balaban J connectivity index is 2.02. The van der Waals surface area contributed by atoms with Gasteiger partial charge in [0.2, 0.25) is 5.91 Å². The molecule has 92 valence electrons. The molecule has 17 heavy (non-hydrogen) atoms. The summed E-state index contributed by atoms with van der Waals surface area (Å²) in [6.07, 6.45) is 2.64. The van der Waals surface area contributed by atoms with Crippen LogP contribution >= 0.6 is 11.8 Å². The van der Waals surface area contributed by atoms with E-state index in [0.29, 0.717) is 6.42 Å². The maximum absolute atomic E-state index is 11.9. The topological polar surface area (TPSA) is 20.3 Å². The highest BCUT2D eigenvalue weighted by atomic mass is 32.2. The first kappa shape index (κ1) is 12.5. The van der Waals surface area contributed by atoms with Crippen LogP contribution in [0.2, 0.25) is 0 Å². The molecule has 1 amide bonds. The fourth-order valence-corrected chi connectivity index (χ4v) is 2.83. The van der Waals surface area contributed by atoms with E-state index in [1.54, 1.807) is 0 Å². The summed E-state index contributed by atoms with van der Waals surface area (Å²) in [6, 6.07) is 8.28. The van der Waals surface area contributed by atoms with Gasteiger partial charge in [-0.15, -0.1) is 0 Å². The minimum Gasteiger partial charge on any atom is -0.312 e. The number of thioether (sulfide) groups is 1. The van der Waals surface area contributed by atoms with Gasteiger partial charge in [0, 0.05) is 18.7 Å². The second-order valence-corrected chi connectivity index (χ2v) is 5.62. The van der Waals surface area contributed by atoms with Gasteiger partial charge in [-0.05, 0) is 36.0 Å². The minimum atomic E-state index is 0.283. The van der Waals surface area contributed by atoms with Crippen molar-refractivity contribution < 1.29 is 4.79 Å². The summed E-state index contributed by atoms with van der Waals surface area (Å²) in [6.45, 7) is 3.04. The Morgan fingerprint density at radius 1 is 1.29 bits per heavy atom. The van der Waals surface area contributed by atoms with Gasteiger partial charge in [-0.1, -0.05) is 25.1 Å². The Kier molecular flexibility index (Phi) is 4.49. The van der Waals surface area contributed by atoms with Gasteiger partial charge in [0.05, 0.1) is 0 Å². The number of hydrogen-bond donors (Lipinski definition) is 0. The molecular weight excluding hydrogens is 230 g/mol. The lowest BCUT2D eigenvalue weighted by Gasteiger charge is -2.29. The number of para-hydroxylation sites is 1. The summed E-state index contributed by atoms with van der Waals surface area (Å²) in [5.74, 6) is 2.58. The number of amides is 1. The van der Waals surface area contributed by atoms with E-state index in [2.05, 4.69) is 25.1 Å². The largest absolute Gasteiger partial charge is 0.312 e. The van der Waals surface area contributed by atoms with Gasteiger partial charge in [-0.2, -0.15) is 11.8 Å². The highest BCUT2D eigenvalue weighted by Crippen LogP contribution is 2.27. The van der Waals surface area contributed by atoms with Crippen LogP contribution in [-0.2, 0) is 11.2 Å². The summed E-state index contributed by atoms with van der Waals surface area (Å²) < 4.78 is 0. The lowest BCUT2D eigenvalue weighted by Crippen LogP contribution is -2.36. The van der Waals surface area contributed by atoms with Crippen molar-refractivity contribution in [2.75, 3.05) is 23.0 Å². The van der Waals surface area contributed by atoms with Crippen LogP contribution in [0, 0.1) is 0 Å². The molecule has 0 N–H and O–H groups in total. The van der Waals surface area contributed by atoms with Crippen LogP contribution in [0.3, 0.4) is 0 Å². The van der Waals surface area contributed by atoms with Crippen LogP contribution < -0.4 is 4.90 Å². The number of anilines is 1. The second kappa shape index (κ2) is 6.10.